The van der Waals surface area contributed by atoms with Gasteiger partial charge in [-0.05, 0) is 114 Å². The normalized spacial score (nSPS) is 28.0. The van der Waals surface area contributed by atoms with Crippen LogP contribution in [-0.2, 0) is 48.5 Å². The van der Waals surface area contributed by atoms with Crippen molar-refractivity contribution in [2.24, 2.45) is 16.7 Å². The number of nitrogens with zero attached hydrogens (tertiary/aromatic N) is 7. The van der Waals surface area contributed by atoms with E-state index in [4.69, 9.17) is 19.4 Å². The number of carbonyl (C=O) groups is 4. The number of nitrogens with one attached hydrogen (secondary N) is 1. The number of ether oxygens (including phenoxy) is 2. The number of hydrogen-bond acceptors (Lipinski definition) is 11. The summed E-state index contributed by atoms with van der Waals surface area (Å²) in [7, 11) is 9.72. The maximum absolute atomic E-state index is 15.5. The summed E-state index contributed by atoms with van der Waals surface area (Å²) in [6.45, 7) is 18.9. The maximum Gasteiger partial charge on any atom is 0.324 e. The molecule has 3 saturated heterocycles. The van der Waals surface area contributed by atoms with Crippen LogP contribution in [0, 0.1) is 16.7 Å². The average Bonchev–Trinajstić information content (AvgIpc) is 3.69. The van der Waals surface area contributed by atoms with Gasteiger partial charge in [0.2, 0.25) is 5.91 Å². The van der Waals surface area contributed by atoms with E-state index < -0.39 is 34.0 Å². The Hall–Kier alpha value is -4.53. The number of urea groups is 1. The van der Waals surface area contributed by atoms with E-state index in [0.717, 1.165) is 68.3 Å². The number of carbonyl (C=O) groups excluding carboxylic acids is 4. The van der Waals surface area contributed by atoms with Gasteiger partial charge in [-0.1, -0.05) is 19.9 Å². The Balaban J connectivity index is 1.15. The van der Waals surface area contributed by atoms with Gasteiger partial charge in [-0.25, -0.2) is 15.2 Å². The monoisotopic (exact) mass is 973 g/mol. The van der Waals surface area contributed by atoms with Gasteiger partial charge in [0.05, 0.1) is 55.3 Å². The molecule has 6 bridgehead atoms. The molecule has 3 aromatic heterocycles. The maximum atomic E-state index is 15.5. The number of methoxy groups -OCH3 is 1. The number of cyclic esters (lactones) is 1. The molecule has 68 heavy (non-hydrogen) atoms. The van der Waals surface area contributed by atoms with Crippen molar-refractivity contribution < 1.29 is 28.7 Å². The topological polar surface area (TPSA) is 142 Å². The molecule has 9 rings (SSSR count). The van der Waals surface area contributed by atoms with Crippen molar-refractivity contribution in [3.05, 3.63) is 69.4 Å². The third-order valence-electron chi connectivity index (χ3n) is 15.1. The van der Waals surface area contributed by atoms with Crippen molar-refractivity contribution >= 4 is 65.7 Å². The largest absolute Gasteiger partial charge is 0.464 e. The number of amides is 3. The highest BCUT2D eigenvalue weighted by Gasteiger charge is 2.77. The van der Waals surface area contributed by atoms with Gasteiger partial charge in [0.25, 0.3) is 0 Å². The molecule has 17 heteroatoms. The molecule has 3 amide bonds. The van der Waals surface area contributed by atoms with Crippen LogP contribution >= 0.6 is 11.3 Å². The zero-order valence-electron chi connectivity index (χ0n) is 41.4. The van der Waals surface area contributed by atoms with Gasteiger partial charge >= 0.3 is 12.0 Å². The van der Waals surface area contributed by atoms with E-state index in [1.165, 1.54) is 16.2 Å². The molecule has 5 radical (unpaired) electrons. The Bertz CT molecular complexity index is 2700. The van der Waals surface area contributed by atoms with Crippen LogP contribution in [0.25, 0.3) is 33.4 Å². The summed E-state index contributed by atoms with van der Waals surface area (Å²) in [5, 5.41) is 4.63. The lowest BCUT2D eigenvalue weighted by Crippen LogP contribution is -2.64. The van der Waals surface area contributed by atoms with E-state index in [-0.39, 0.29) is 53.9 Å². The SMILES string of the molecule is CCn1c(-c2cccnc2[C@@](C)([Si])OC)c2c3cc(ccc31)-c1csc(n1)CC1(C(=O)N3CCC[C@H](N3)C(=O)OCC(C)(C)C2)C2[Si][C@@H]2C1C(=O)C(=C(C)C)N(C)C(=O)N1[C@H](C)CN(C)C[C@H]1C. The van der Waals surface area contributed by atoms with Crippen molar-refractivity contribution in [1.82, 2.24) is 39.7 Å². The third-order valence-corrected chi connectivity index (χ3v) is 18.3. The molecule has 8 atom stereocenters. The van der Waals surface area contributed by atoms with Crippen LogP contribution in [0.15, 0.2) is 53.2 Å². The van der Waals surface area contributed by atoms with Crippen molar-refractivity contribution in [2.45, 2.75) is 122 Å². The highest BCUT2D eigenvalue weighted by Crippen LogP contribution is 2.77. The summed E-state index contributed by atoms with van der Waals surface area (Å²) in [4.78, 5) is 75.4. The third kappa shape index (κ3) is 8.21. The van der Waals surface area contributed by atoms with E-state index in [1.807, 2.05) is 45.6 Å². The number of likely N-dealkylation sites (N-methyl/N-ethyl adjacent to an activating group) is 2. The van der Waals surface area contributed by atoms with Gasteiger partial charge in [0, 0.05) is 113 Å². The van der Waals surface area contributed by atoms with Gasteiger partial charge in [-0.3, -0.25) is 29.3 Å². The quantitative estimate of drug-likeness (QED) is 0.119. The smallest absolute Gasteiger partial charge is 0.324 e. The zero-order chi connectivity index (χ0) is 48.8. The van der Waals surface area contributed by atoms with E-state index >= 15 is 9.59 Å². The molecular weight excluding hydrogens is 909 g/mol. The standard InChI is InChI=1S/C51H65N8O6SSi2/c1-12-57-37-18-17-31-21-33(37)34(41(57)32-15-13-19-52-44(32)50(8,67)64-11)22-49(6,7)27-65-46(61)35-16-14-20-58(54-35)47(62)51(23-38-53-36(31)26-66-38)39(43-45(51)68-43)42(60)40(28(2)3)56(10)48(63)59-29(4)24-55(9)25-30(59)5/h13,15,17-19,21,26,29-30,35,39,43,45,54H,12,14,16,20,22-25,27H2,1-11H3/t29-,30-,35+,39?,43-,45?,50-,51?/m1/s1. The Morgan fingerprint density at radius 1 is 1.13 bits per heavy atom. The van der Waals surface area contributed by atoms with Crippen LogP contribution in [0.4, 0.5) is 4.79 Å². The lowest BCUT2D eigenvalue weighted by atomic mass is 9.55. The summed E-state index contributed by atoms with van der Waals surface area (Å²) in [6, 6.07) is 9.49. The van der Waals surface area contributed by atoms with Gasteiger partial charge in [-0.2, -0.15) is 0 Å². The highest BCUT2D eigenvalue weighted by atomic mass is 32.1. The van der Waals surface area contributed by atoms with Crippen LogP contribution < -0.4 is 5.43 Å². The van der Waals surface area contributed by atoms with Crippen LogP contribution in [0.2, 0.25) is 11.1 Å². The Kier molecular flexibility index (Phi) is 12.8. The average molecular weight is 974 g/mol. The first-order valence-electron chi connectivity index (χ1n) is 24.1. The molecular formula is C51H65N8O6SSi2. The van der Waals surface area contributed by atoms with Crippen LogP contribution in [0.3, 0.4) is 0 Å². The summed E-state index contributed by atoms with van der Waals surface area (Å²) in [5.74, 6) is -1.45. The molecule has 1 N–H and O–H groups in total. The van der Waals surface area contributed by atoms with Crippen LogP contribution in [0.1, 0.15) is 84.5 Å². The molecule has 3 unspecified atom stereocenters. The number of Topliss-reactive ketones (excluding diaryl/α,β-unsaturated/α-hetero) is 1. The molecule has 4 aliphatic heterocycles. The van der Waals surface area contributed by atoms with Crippen molar-refractivity contribution in [2.75, 3.05) is 47.4 Å². The molecule has 14 nitrogen and oxygen atoms in total. The van der Waals surface area contributed by atoms with Gasteiger partial charge in [-0.15, -0.1) is 11.3 Å². The van der Waals surface area contributed by atoms with E-state index in [1.54, 1.807) is 25.4 Å². The van der Waals surface area contributed by atoms with E-state index in [2.05, 4.69) is 82.6 Å². The van der Waals surface area contributed by atoms with Crippen molar-refractivity contribution in [3.63, 3.8) is 0 Å². The molecule has 4 fully saturated rings. The number of piperazine rings is 1. The van der Waals surface area contributed by atoms with E-state index in [0.29, 0.717) is 47.6 Å². The van der Waals surface area contributed by atoms with Crippen LogP contribution in [0.5, 0.6) is 0 Å². The second-order valence-electron chi connectivity index (χ2n) is 21.0. The predicted octanol–water partition coefficient (Wildman–Crippen LogP) is 6.85. The number of esters is 1. The molecule has 1 aromatic carbocycles. The molecule has 359 valence electrons. The lowest BCUT2D eigenvalue weighted by molar-refractivity contribution is -0.164. The minimum atomic E-state index is -1.13. The number of aryl methyl sites for hydroxylation is 1. The molecule has 1 aliphatic carbocycles. The number of benzene rings is 1. The number of rotatable bonds is 7. The Morgan fingerprint density at radius 2 is 1.87 bits per heavy atom. The van der Waals surface area contributed by atoms with Gasteiger partial charge < -0.3 is 23.8 Å². The summed E-state index contributed by atoms with van der Waals surface area (Å²) < 4.78 is 14.5. The number of aromatic nitrogens is 3. The summed E-state index contributed by atoms with van der Waals surface area (Å²) in [5.41, 5.74) is 9.37. The number of thiazole rings is 1. The van der Waals surface area contributed by atoms with Crippen molar-refractivity contribution in [1.29, 1.82) is 0 Å². The van der Waals surface area contributed by atoms with Gasteiger partial charge in [0.1, 0.15) is 6.04 Å². The predicted molar refractivity (Wildman–Crippen MR) is 266 cm³/mol. The fourth-order valence-electron chi connectivity index (χ4n) is 11.9. The summed E-state index contributed by atoms with van der Waals surface area (Å²) in [6.07, 6.45) is 3.72. The number of hydrazine groups is 1. The lowest BCUT2D eigenvalue weighted by Gasteiger charge is -2.51. The molecule has 4 aromatic rings. The highest BCUT2D eigenvalue weighted by molar-refractivity contribution is 7.10. The molecule has 1 spiro atoms. The first-order chi connectivity index (χ1) is 32.2. The second kappa shape index (κ2) is 18.0. The summed E-state index contributed by atoms with van der Waals surface area (Å²) >= 11 is 1.51. The Morgan fingerprint density at radius 3 is 2.56 bits per heavy atom. The number of pyridine rings is 1. The van der Waals surface area contributed by atoms with Crippen molar-refractivity contribution in [3.8, 4) is 22.5 Å². The van der Waals surface area contributed by atoms with Crippen LogP contribution in [-0.4, -0.2) is 143 Å². The first kappa shape index (κ1) is 48.5. The second-order valence-corrected chi connectivity index (χ2v) is 24.6. The number of fused-ring (bicyclic) bond motifs is 8. The minimum absolute atomic E-state index is 0.0169. The van der Waals surface area contributed by atoms with E-state index in [9.17, 15) is 9.59 Å². The zero-order valence-corrected chi connectivity index (χ0v) is 44.2. The fourth-order valence-corrected chi connectivity index (χ4v) is 15.1. The number of ketones is 1. The molecule has 5 aliphatic rings. The minimum Gasteiger partial charge on any atom is -0.464 e. The number of hydrogen-bond donors (Lipinski definition) is 1. The molecule has 7 heterocycles. The first-order valence-corrected chi connectivity index (χ1v) is 26.6. The fraction of sp³-hybridized carbons (Fsp3) is 0.569. The van der Waals surface area contributed by atoms with Gasteiger partial charge in [0.15, 0.2) is 5.78 Å². The molecule has 1 saturated carbocycles. The number of allylic oxidation sites excluding steroid dienone is 2. The Labute approximate surface area is 410 Å².